The SMILES string of the molecule is O=C(Cc1ccoc1)c1cc(Br)sc1Br. The van der Waals surface area contributed by atoms with E-state index < -0.39 is 0 Å². The topological polar surface area (TPSA) is 30.2 Å². The fraction of sp³-hybridized carbons (Fsp3) is 0.100. The molecule has 0 amide bonds. The first-order valence-electron chi connectivity index (χ1n) is 4.16. The molecule has 5 heteroatoms. The summed E-state index contributed by atoms with van der Waals surface area (Å²) in [6.45, 7) is 0. The van der Waals surface area contributed by atoms with E-state index in [1.807, 2.05) is 6.07 Å². The summed E-state index contributed by atoms with van der Waals surface area (Å²) in [7, 11) is 0. The van der Waals surface area contributed by atoms with E-state index >= 15 is 0 Å². The summed E-state index contributed by atoms with van der Waals surface area (Å²) >= 11 is 8.21. The molecule has 2 rings (SSSR count). The van der Waals surface area contributed by atoms with Gasteiger partial charge in [0, 0.05) is 12.0 Å². The first kappa shape index (κ1) is 11.1. The van der Waals surface area contributed by atoms with Crippen molar-refractivity contribution in [2.24, 2.45) is 0 Å². The summed E-state index contributed by atoms with van der Waals surface area (Å²) in [5.74, 6) is 0.0882. The van der Waals surface area contributed by atoms with Crippen LogP contribution in [0.2, 0.25) is 0 Å². The average molecular weight is 350 g/mol. The molecule has 0 aliphatic carbocycles. The van der Waals surface area contributed by atoms with E-state index in [1.165, 1.54) is 11.3 Å². The zero-order valence-electron chi connectivity index (χ0n) is 7.50. The molecule has 0 aliphatic rings. The third-order valence-corrected chi connectivity index (χ3v) is 4.24. The Morgan fingerprint density at radius 1 is 1.47 bits per heavy atom. The summed E-state index contributed by atoms with van der Waals surface area (Å²) in [6.07, 6.45) is 3.53. The molecule has 0 radical (unpaired) electrons. The molecule has 0 aromatic carbocycles. The summed E-state index contributed by atoms with van der Waals surface area (Å²) in [4.78, 5) is 11.9. The lowest BCUT2D eigenvalue weighted by molar-refractivity contribution is 0.0992. The van der Waals surface area contributed by atoms with Crippen LogP contribution >= 0.6 is 43.2 Å². The van der Waals surface area contributed by atoms with Gasteiger partial charge in [0.2, 0.25) is 0 Å². The second kappa shape index (κ2) is 4.63. The molecule has 0 spiro atoms. The third kappa shape index (κ3) is 2.59. The van der Waals surface area contributed by atoms with Gasteiger partial charge in [-0.3, -0.25) is 4.79 Å². The number of furan rings is 1. The highest BCUT2D eigenvalue weighted by Crippen LogP contribution is 2.32. The molecule has 2 aromatic rings. The Morgan fingerprint density at radius 3 is 2.80 bits per heavy atom. The number of hydrogen-bond donors (Lipinski definition) is 0. The lowest BCUT2D eigenvalue weighted by Crippen LogP contribution is -2.01. The molecule has 0 N–H and O–H groups in total. The van der Waals surface area contributed by atoms with Gasteiger partial charge in [-0.15, -0.1) is 11.3 Å². The molecule has 0 bridgehead atoms. The van der Waals surface area contributed by atoms with E-state index in [0.717, 1.165) is 13.1 Å². The van der Waals surface area contributed by atoms with E-state index in [0.29, 0.717) is 12.0 Å². The standard InChI is InChI=1S/C10H6Br2O2S/c11-9-4-7(10(12)15-9)8(13)3-6-1-2-14-5-6/h1-2,4-5H,3H2. The molecule has 15 heavy (non-hydrogen) atoms. The van der Waals surface area contributed by atoms with Crippen molar-refractivity contribution in [2.45, 2.75) is 6.42 Å². The van der Waals surface area contributed by atoms with Crippen molar-refractivity contribution in [1.82, 2.24) is 0 Å². The van der Waals surface area contributed by atoms with Crippen LogP contribution in [0.3, 0.4) is 0 Å². The Hall–Kier alpha value is -0.390. The maximum Gasteiger partial charge on any atom is 0.169 e. The molecule has 0 atom stereocenters. The molecule has 2 nitrogen and oxygen atoms in total. The Kier molecular flexibility index (Phi) is 3.43. The van der Waals surface area contributed by atoms with Crippen molar-refractivity contribution < 1.29 is 9.21 Å². The van der Waals surface area contributed by atoms with Crippen LogP contribution in [0, 0.1) is 0 Å². The number of carbonyl (C=O) groups is 1. The van der Waals surface area contributed by atoms with Gasteiger partial charge in [0.1, 0.15) is 0 Å². The highest BCUT2D eigenvalue weighted by Gasteiger charge is 2.14. The van der Waals surface area contributed by atoms with Crippen LogP contribution in [0.15, 0.2) is 36.6 Å². The first-order chi connectivity index (χ1) is 7.16. The van der Waals surface area contributed by atoms with Gasteiger partial charge in [0.25, 0.3) is 0 Å². The Morgan fingerprint density at radius 2 is 2.27 bits per heavy atom. The van der Waals surface area contributed by atoms with Gasteiger partial charge in [-0.25, -0.2) is 0 Å². The monoisotopic (exact) mass is 348 g/mol. The molecule has 0 saturated heterocycles. The van der Waals surface area contributed by atoms with Crippen molar-refractivity contribution in [1.29, 1.82) is 0 Å². The summed E-state index contributed by atoms with van der Waals surface area (Å²) in [5, 5.41) is 0. The number of halogens is 2. The predicted molar refractivity (Wildman–Crippen MR) is 66.5 cm³/mol. The van der Waals surface area contributed by atoms with Crippen molar-refractivity contribution in [3.05, 3.63) is 43.4 Å². The van der Waals surface area contributed by atoms with Crippen LogP contribution in [0.25, 0.3) is 0 Å². The lowest BCUT2D eigenvalue weighted by atomic mass is 10.1. The average Bonchev–Trinajstić information content (AvgIpc) is 2.75. The third-order valence-electron chi connectivity index (χ3n) is 1.90. The normalized spacial score (nSPS) is 10.5. The number of carbonyl (C=O) groups excluding carboxylic acids is 1. The van der Waals surface area contributed by atoms with Gasteiger partial charge in [-0.05, 0) is 49.6 Å². The largest absolute Gasteiger partial charge is 0.472 e. The quantitative estimate of drug-likeness (QED) is 0.773. The predicted octanol–water partition coefficient (Wildman–Crippen LogP) is 4.29. The van der Waals surface area contributed by atoms with E-state index in [9.17, 15) is 4.79 Å². The fourth-order valence-electron chi connectivity index (χ4n) is 1.20. The van der Waals surface area contributed by atoms with E-state index in [4.69, 9.17) is 4.42 Å². The van der Waals surface area contributed by atoms with Crippen LogP contribution < -0.4 is 0 Å². The highest BCUT2D eigenvalue weighted by molar-refractivity contribution is 9.12. The smallest absolute Gasteiger partial charge is 0.169 e. The minimum atomic E-state index is 0.0882. The molecular formula is C10H6Br2O2S. The van der Waals surface area contributed by atoms with Crippen LogP contribution in [-0.4, -0.2) is 5.78 Å². The zero-order valence-corrected chi connectivity index (χ0v) is 11.5. The molecule has 0 fully saturated rings. The maximum absolute atomic E-state index is 11.9. The van der Waals surface area contributed by atoms with Crippen molar-refractivity contribution in [2.75, 3.05) is 0 Å². The molecule has 2 heterocycles. The molecular weight excluding hydrogens is 344 g/mol. The van der Waals surface area contributed by atoms with Crippen molar-refractivity contribution in [3.8, 4) is 0 Å². The van der Waals surface area contributed by atoms with Gasteiger partial charge in [-0.2, -0.15) is 0 Å². The van der Waals surface area contributed by atoms with Crippen LogP contribution in [0.5, 0.6) is 0 Å². The molecule has 2 aromatic heterocycles. The molecule has 0 saturated carbocycles. The second-order valence-electron chi connectivity index (χ2n) is 2.97. The second-order valence-corrected chi connectivity index (χ2v) is 6.72. The zero-order chi connectivity index (χ0) is 10.8. The van der Waals surface area contributed by atoms with Gasteiger partial charge in [-0.1, -0.05) is 0 Å². The minimum absolute atomic E-state index is 0.0882. The number of Topliss-reactive ketones (excluding diaryl/α,β-unsaturated/α-hetero) is 1. The van der Waals surface area contributed by atoms with Crippen LogP contribution in [0.1, 0.15) is 15.9 Å². The van der Waals surface area contributed by atoms with Gasteiger partial charge in [0.05, 0.1) is 20.1 Å². The van der Waals surface area contributed by atoms with Gasteiger partial charge in [0.15, 0.2) is 5.78 Å². The number of hydrogen-bond acceptors (Lipinski definition) is 3. The number of ketones is 1. The molecule has 0 unspecified atom stereocenters. The molecule has 78 valence electrons. The number of thiophene rings is 1. The Balaban J connectivity index is 2.18. The van der Waals surface area contributed by atoms with E-state index in [1.54, 1.807) is 18.6 Å². The minimum Gasteiger partial charge on any atom is -0.472 e. The summed E-state index contributed by atoms with van der Waals surface area (Å²) in [5.41, 5.74) is 1.61. The Bertz CT molecular complexity index is 474. The summed E-state index contributed by atoms with van der Waals surface area (Å²) in [6, 6.07) is 3.63. The Labute approximate surface area is 108 Å². The van der Waals surface area contributed by atoms with Crippen LogP contribution in [0.4, 0.5) is 0 Å². The first-order valence-corrected chi connectivity index (χ1v) is 6.56. The van der Waals surface area contributed by atoms with Crippen LogP contribution in [-0.2, 0) is 6.42 Å². The van der Waals surface area contributed by atoms with Gasteiger partial charge < -0.3 is 4.42 Å². The van der Waals surface area contributed by atoms with Crippen molar-refractivity contribution in [3.63, 3.8) is 0 Å². The van der Waals surface area contributed by atoms with E-state index in [2.05, 4.69) is 31.9 Å². The van der Waals surface area contributed by atoms with Gasteiger partial charge >= 0.3 is 0 Å². The summed E-state index contributed by atoms with van der Waals surface area (Å²) < 4.78 is 6.73. The highest BCUT2D eigenvalue weighted by atomic mass is 79.9. The number of rotatable bonds is 3. The maximum atomic E-state index is 11.9. The fourth-order valence-corrected chi connectivity index (χ4v) is 4.06. The molecule has 0 aliphatic heterocycles. The van der Waals surface area contributed by atoms with E-state index in [-0.39, 0.29) is 5.78 Å². The lowest BCUT2D eigenvalue weighted by Gasteiger charge is -1.95. The van der Waals surface area contributed by atoms with Crippen molar-refractivity contribution >= 4 is 49.0 Å².